The fraction of sp³-hybridized carbons (Fsp3) is 0.154. The zero-order valence-electron chi connectivity index (χ0n) is 10.7. The van der Waals surface area contributed by atoms with E-state index in [0.29, 0.717) is 22.8 Å². The van der Waals surface area contributed by atoms with Gasteiger partial charge in [0.15, 0.2) is 0 Å². The van der Waals surface area contributed by atoms with Crippen LogP contribution in [0.15, 0.2) is 23.8 Å². The van der Waals surface area contributed by atoms with Gasteiger partial charge in [-0.1, -0.05) is 11.5 Å². The van der Waals surface area contributed by atoms with Crippen LogP contribution in [0.5, 0.6) is 0 Å². The molecule has 3 rings (SSSR count). The van der Waals surface area contributed by atoms with E-state index in [4.69, 9.17) is 12.6 Å². The Morgan fingerprint density at radius 3 is 3.20 bits per heavy atom. The van der Waals surface area contributed by atoms with Crippen molar-refractivity contribution in [2.45, 2.75) is 6.92 Å². The smallest absolute Gasteiger partial charge is 0.367 e. The molecule has 0 bridgehead atoms. The number of hydrogen-bond acceptors (Lipinski definition) is 5. The Bertz CT molecular complexity index is 781. The second kappa shape index (κ2) is 5.09. The summed E-state index contributed by atoms with van der Waals surface area (Å²) in [6, 6.07) is 1.83. The number of hydrogen-bond donors (Lipinski definition) is 1. The fourth-order valence-electron chi connectivity index (χ4n) is 1.92. The molecule has 0 amide bonds. The normalized spacial score (nSPS) is 10.8. The van der Waals surface area contributed by atoms with Crippen molar-refractivity contribution >= 4 is 41.6 Å². The van der Waals surface area contributed by atoms with E-state index in [2.05, 4.69) is 15.0 Å². The average molecular weight is 283 g/mol. The van der Waals surface area contributed by atoms with Crippen LogP contribution in [-0.4, -0.2) is 35.4 Å². The number of esters is 1. The lowest BCUT2D eigenvalue weighted by molar-refractivity contribution is 0.0526. The summed E-state index contributed by atoms with van der Waals surface area (Å²) in [6.45, 7) is 2.10. The molecule has 0 saturated carbocycles. The van der Waals surface area contributed by atoms with E-state index < -0.39 is 5.97 Å². The number of pyridine rings is 1. The molecule has 0 aromatic carbocycles. The zero-order chi connectivity index (χ0) is 14.1. The van der Waals surface area contributed by atoms with Crippen LogP contribution in [0.2, 0.25) is 0 Å². The van der Waals surface area contributed by atoms with Gasteiger partial charge in [-0.2, -0.15) is 0 Å². The number of thiazole rings is 1. The molecule has 0 aliphatic rings. The Morgan fingerprint density at radius 2 is 2.40 bits per heavy atom. The minimum absolute atomic E-state index is 0.335. The van der Waals surface area contributed by atoms with Gasteiger partial charge in [0.25, 0.3) is 0 Å². The Hall–Kier alpha value is -2.15. The van der Waals surface area contributed by atoms with Gasteiger partial charge < -0.3 is 9.72 Å². The van der Waals surface area contributed by atoms with Crippen molar-refractivity contribution in [3.8, 4) is 11.3 Å². The highest BCUT2D eigenvalue weighted by Gasteiger charge is 2.15. The topological polar surface area (TPSA) is 67.9 Å². The first kappa shape index (κ1) is 12.9. The van der Waals surface area contributed by atoms with E-state index in [9.17, 15) is 4.79 Å². The summed E-state index contributed by atoms with van der Waals surface area (Å²) in [5, 5.41) is 3.04. The Balaban J connectivity index is 2.03. The third-order valence-corrected chi connectivity index (χ3v) is 3.60. The van der Waals surface area contributed by atoms with Gasteiger partial charge in [-0.15, -0.1) is 11.3 Å². The maximum Gasteiger partial charge on any atom is 0.367 e. The second-order valence-corrected chi connectivity index (χ2v) is 4.98. The number of carbonyl (C=O) groups is 1. The number of carbonyl (C=O) groups excluding carboxylic acids is 1. The summed E-state index contributed by atoms with van der Waals surface area (Å²) in [5.74, 6) is -0.402. The summed E-state index contributed by atoms with van der Waals surface area (Å²) in [6.07, 6.45) is 3.40. The molecule has 7 heteroatoms. The number of nitrogens with zero attached hydrogens (tertiary/aromatic N) is 2. The SMILES string of the molecule is [B]c1cnc2[nH]cc(-c3csc(C(=O)OCC)n3)c2c1. The molecule has 0 aliphatic carbocycles. The van der Waals surface area contributed by atoms with E-state index in [-0.39, 0.29) is 0 Å². The van der Waals surface area contributed by atoms with Gasteiger partial charge in [-0.25, -0.2) is 14.8 Å². The molecular formula is C13H10BN3O2S. The van der Waals surface area contributed by atoms with Crippen molar-refractivity contribution in [3.63, 3.8) is 0 Å². The summed E-state index contributed by atoms with van der Waals surface area (Å²) >= 11 is 1.26. The highest BCUT2D eigenvalue weighted by molar-refractivity contribution is 7.11. The number of fused-ring (bicyclic) bond motifs is 1. The molecule has 3 heterocycles. The Kier molecular flexibility index (Phi) is 3.27. The third-order valence-electron chi connectivity index (χ3n) is 2.78. The molecule has 3 aromatic heterocycles. The van der Waals surface area contributed by atoms with Crippen LogP contribution >= 0.6 is 11.3 Å². The lowest BCUT2D eigenvalue weighted by Gasteiger charge is -1.97. The molecule has 98 valence electrons. The van der Waals surface area contributed by atoms with Gasteiger partial charge in [0.05, 0.1) is 12.3 Å². The van der Waals surface area contributed by atoms with Crippen LogP contribution in [0.25, 0.3) is 22.3 Å². The first-order chi connectivity index (χ1) is 9.69. The highest BCUT2D eigenvalue weighted by Crippen LogP contribution is 2.28. The molecule has 0 aliphatic heterocycles. The lowest BCUT2D eigenvalue weighted by atomic mass is 9.97. The van der Waals surface area contributed by atoms with E-state index in [1.165, 1.54) is 11.3 Å². The number of rotatable bonds is 3. The molecule has 1 N–H and O–H groups in total. The number of ether oxygens (including phenoxy) is 1. The fourth-order valence-corrected chi connectivity index (χ4v) is 2.62. The van der Waals surface area contributed by atoms with Crippen molar-refractivity contribution in [1.29, 1.82) is 0 Å². The minimum atomic E-state index is -0.402. The van der Waals surface area contributed by atoms with Crippen LogP contribution < -0.4 is 5.46 Å². The maximum atomic E-state index is 11.6. The van der Waals surface area contributed by atoms with Crippen molar-refractivity contribution in [3.05, 3.63) is 28.8 Å². The summed E-state index contributed by atoms with van der Waals surface area (Å²) in [5.41, 5.74) is 2.89. The van der Waals surface area contributed by atoms with Crippen molar-refractivity contribution in [1.82, 2.24) is 15.0 Å². The van der Waals surface area contributed by atoms with Gasteiger partial charge >= 0.3 is 5.97 Å². The van der Waals surface area contributed by atoms with Crippen molar-refractivity contribution < 1.29 is 9.53 Å². The highest BCUT2D eigenvalue weighted by atomic mass is 32.1. The molecule has 0 atom stereocenters. The largest absolute Gasteiger partial charge is 0.461 e. The van der Waals surface area contributed by atoms with E-state index in [1.807, 2.05) is 11.4 Å². The van der Waals surface area contributed by atoms with Crippen molar-refractivity contribution in [2.24, 2.45) is 0 Å². The third kappa shape index (κ3) is 2.20. The average Bonchev–Trinajstić information content (AvgIpc) is 3.04. The maximum absolute atomic E-state index is 11.6. The van der Waals surface area contributed by atoms with E-state index in [0.717, 1.165) is 16.6 Å². The molecule has 0 saturated heterocycles. The van der Waals surface area contributed by atoms with Gasteiger partial charge in [0.1, 0.15) is 13.5 Å². The summed E-state index contributed by atoms with van der Waals surface area (Å²) < 4.78 is 4.93. The molecule has 3 aromatic rings. The summed E-state index contributed by atoms with van der Waals surface area (Å²) in [4.78, 5) is 23.2. The van der Waals surface area contributed by atoms with E-state index in [1.54, 1.807) is 19.3 Å². The lowest BCUT2D eigenvalue weighted by Crippen LogP contribution is -2.03. The number of aromatic nitrogens is 3. The Labute approximate surface area is 120 Å². The number of aromatic amines is 1. The zero-order valence-corrected chi connectivity index (χ0v) is 11.5. The molecule has 20 heavy (non-hydrogen) atoms. The van der Waals surface area contributed by atoms with Crippen molar-refractivity contribution in [2.75, 3.05) is 6.61 Å². The molecule has 0 unspecified atom stereocenters. The molecule has 0 fully saturated rings. The first-order valence-electron chi connectivity index (χ1n) is 6.04. The quantitative estimate of drug-likeness (QED) is 0.586. The van der Waals surface area contributed by atoms with Crippen LogP contribution in [0.3, 0.4) is 0 Å². The van der Waals surface area contributed by atoms with Crippen LogP contribution in [0, 0.1) is 0 Å². The second-order valence-electron chi connectivity index (χ2n) is 4.13. The van der Waals surface area contributed by atoms with Gasteiger partial charge in [-0.3, -0.25) is 0 Å². The molecule has 5 nitrogen and oxygen atoms in total. The predicted octanol–water partition coefficient (Wildman–Crippen LogP) is 1.66. The molecule has 0 spiro atoms. The van der Waals surface area contributed by atoms with Crippen LogP contribution in [0.4, 0.5) is 0 Å². The Morgan fingerprint density at radius 1 is 1.55 bits per heavy atom. The monoisotopic (exact) mass is 283 g/mol. The summed E-state index contributed by atoms with van der Waals surface area (Å²) in [7, 11) is 5.75. The standard InChI is InChI=1S/C13H10BN3O2S/c1-2-19-13(18)12-17-10(6-20-12)9-5-16-11-8(9)3-7(14)4-15-11/h3-6H,2H2,1H3,(H,15,16). The molecular weight excluding hydrogens is 273 g/mol. The van der Waals surface area contributed by atoms with E-state index >= 15 is 0 Å². The van der Waals surface area contributed by atoms with Gasteiger partial charge in [-0.05, 0) is 6.92 Å². The van der Waals surface area contributed by atoms with Crippen LogP contribution in [0.1, 0.15) is 16.7 Å². The predicted molar refractivity (Wildman–Crippen MR) is 78.5 cm³/mol. The number of nitrogens with one attached hydrogen (secondary N) is 1. The van der Waals surface area contributed by atoms with Gasteiger partial charge in [0.2, 0.25) is 5.01 Å². The molecule has 2 radical (unpaired) electrons. The minimum Gasteiger partial charge on any atom is -0.461 e. The number of H-pyrrole nitrogens is 1. The first-order valence-corrected chi connectivity index (χ1v) is 6.92. The van der Waals surface area contributed by atoms with Gasteiger partial charge in [0, 0.05) is 28.7 Å². The van der Waals surface area contributed by atoms with Crippen LogP contribution in [-0.2, 0) is 4.74 Å².